The fraction of sp³-hybridized carbons (Fsp3) is 0.393. The molecule has 5 nitrogen and oxygen atoms in total. The van der Waals surface area contributed by atoms with Crippen molar-refractivity contribution in [2.45, 2.75) is 54.8 Å². The summed E-state index contributed by atoms with van der Waals surface area (Å²) in [7, 11) is 0. The summed E-state index contributed by atoms with van der Waals surface area (Å²) in [5.74, 6) is 0. The lowest BCUT2D eigenvalue weighted by Gasteiger charge is -2.49. The molecule has 2 aliphatic heterocycles. The predicted octanol–water partition coefficient (Wildman–Crippen LogP) is 5.68. The van der Waals surface area contributed by atoms with Crippen LogP contribution in [-0.4, -0.2) is 28.9 Å². The van der Waals surface area contributed by atoms with Gasteiger partial charge in [0.2, 0.25) is 0 Å². The molecule has 4 N–H and O–H groups in total. The van der Waals surface area contributed by atoms with Crippen LogP contribution in [0.15, 0.2) is 60.8 Å². The van der Waals surface area contributed by atoms with E-state index < -0.39 is 16.8 Å². The van der Waals surface area contributed by atoms with Gasteiger partial charge in [-0.3, -0.25) is 0 Å². The molecule has 3 aromatic rings. The first kappa shape index (κ1) is 24.1. The lowest BCUT2D eigenvalue weighted by Crippen LogP contribution is -2.58. The van der Waals surface area contributed by atoms with Gasteiger partial charge in [-0.1, -0.05) is 66.4 Å². The Bertz CT molecular complexity index is 1280. The van der Waals surface area contributed by atoms with Crippen LogP contribution in [0.25, 0.3) is 10.6 Å². The number of rotatable bonds is 5. The van der Waals surface area contributed by atoms with E-state index in [9.17, 15) is 5.11 Å². The van der Waals surface area contributed by atoms with Gasteiger partial charge in [0, 0.05) is 29.5 Å². The number of hydrogen-bond acceptors (Lipinski definition) is 7. The molecule has 1 saturated carbocycles. The van der Waals surface area contributed by atoms with Crippen molar-refractivity contribution < 1.29 is 14.2 Å². The summed E-state index contributed by atoms with van der Waals surface area (Å²) in [4.78, 5) is 6.66. The molecule has 1 saturated heterocycles. The van der Waals surface area contributed by atoms with Crippen LogP contribution >= 0.6 is 23.1 Å². The zero-order valence-corrected chi connectivity index (χ0v) is 21.8. The van der Waals surface area contributed by atoms with E-state index in [1.165, 1.54) is 11.3 Å². The maximum atomic E-state index is 15.5. The molecule has 8 heteroatoms. The maximum absolute atomic E-state index is 15.5. The second-order valence-electron chi connectivity index (χ2n) is 10.4. The Labute approximate surface area is 219 Å². The summed E-state index contributed by atoms with van der Waals surface area (Å²) >= 11 is 3.19. The van der Waals surface area contributed by atoms with Gasteiger partial charge in [-0.2, -0.15) is 0 Å². The molecule has 3 aliphatic rings. The number of halogens is 1. The van der Waals surface area contributed by atoms with Crippen LogP contribution in [-0.2, 0) is 15.9 Å². The fourth-order valence-corrected chi connectivity index (χ4v) is 7.98. The Kier molecular flexibility index (Phi) is 6.00. The van der Waals surface area contributed by atoms with E-state index in [2.05, 4.69) is 46.7 Å². The highest BCUT2D eigenvalue weighted by atomic mass is 32.2. The molecule has 2 aromatic carbocycles. The van der Waals surface area contributed by atoms with E-state index in [1.54, 1.807) is 11.8 Å². The molecule has 1 atom stereocenters. The highest BCUT2D eigenvalue weighted by Gasteiger charge is 2.49. The van der Waals surface area contributed by atoms with Gasteiger partial charge in [-0.05, 0) is 36.5 Å². The van der Waals surface area contributed by atoms with Gasteiger partial charge in [-0.15, -0.1) is 11.3 Å². The minimum Gasteiger partial charge on any atom is -0.390 e. The first-order valence-corrected chi connectivity index (χ1v) is 14.0. The molecule has 0 spiro atoms. The van der Waals surface area contributed by atoms with Crippen LogP contribution in [0.1, 0.15) is 64.6 Å². The average Bonchev–Trinajstić information content (AvgIpc) is 3.52. The summed E-state index contributed by atoms with van der Waals surface area (Å²) in [6.45, 7) is 2.70. The van der Waals surface area contributed by atoms with Gasteiger partial charge in [0.05, 0.1) is 29.4 Å². The zero-order chi connectivity index (χ0) is 25.0. The molecule has 0 amide bonds. The van der Waals surface area contributed by atoms with E-state index in [4.69, 9.17) is 10.5 Å². The molecule has 1 aliphatic carbocycles. The summed E-state index contributed by atoms with van der Waals surface area (Å²) in [5.41, 5.74) is 8.28. The molecule has 1 aromatic heterocycles. The van der Waals surface area contributed by atoms with Crippen molar-refractivity contribution >= 4 is 33.7 Å². The van der Waals surface area contributed by atoms with Crippen LogP contribution in [0.2, 0.25) is 0 Å². The van der Waals surface area contributed by atoms with Gasteiger partial charge in [0.25, 0.3) is 0 Å². The molecule has 36 heavy (non-hydrogen) atoms. The Morgan fingerprint density at radius 2 is 1.75 bits per heavy atom. The van der Waals surface area contributed by atoms with Crippen molar-refractivity contribution in [3.8, 4) is 0 Å². The van der Waals surface area contributed by atoms with Crippen LogP contribution in [0.3, 0.4) is 0 Å². The summed E-state index contributed by atoms with van der Waals surface area (Å²) in [6.07, 6.45) is 3.65. The summed E-state index contributed by atoms with van der Waals surface area (Å²) < 4.78 is 20.9. The molecule has 6 rings (SSSR count). The standard InChI is InChI=1S/C28H30FN3O2S2/c1-26(33)16-28(30,17-26)20-9-7-18(8-10-20)22-23(19-5-3-2-4-6-19)36-24(32-22)21-15-31-25(35-21)27(29)11-13-34-14-12-27/h2-10,15,24,32-33H,11-14,16-17,30H2,1H3. The number of thioether (sulfide) groups is 1. The van der Waals surface area contributed by atoms with E-state index in [1.807, 2.05) is 31.3 Å². The van der Waals surface area contributed by atoms with Gasteiger partial charge in [-0.25, -0.2) is 9.37 Å². The van der Waals surface area contributed by atoms with Crippen molar-refractivity contribution in [3.05, 3.63) is 87.4 Å². The lowest BCUT2D eigenvalue weighted by molar-refractivity contribution is -0.0738. The number of alkyl halides is 1. The highest BCUT2D eigenvalue weighted by Crippen LogP contribution is 2.51. The molecule has 3 heterocycles. The summed E-state index contributed by atoms with van der Waals surface area (Å²) in [6, 6.07) is 18.7. The van der Waals surface area contributed by atoms with Gasteiger partial charge in [0.1, 0.15) is 10.4 Å². The number of aromatic nitrogens is 1. The molecule has 0 bridgehead atoms. The van der Waals surface area contributed by atoms with E-state index in [0.717, 1.165) is 32.2 Å². The second kappa shape index (κ2) is 8.96. The number of hydrogen-bond donors (Lipinski definition) is 3. The van der Waals surface area contributed by atoms with Crippen LogP contribution in [0, 0.1) is 0 Å². The average molecular weight is 524 g/mol. The van der Waals surface area contributed by atoms with Crippen molar-refractivity contribution in [2.24, 2.45) is 5.73 Å². The van der Waals surface area contributed by atoms with Crippen molar-refractivity contribution in [2.75, 3.05) is 13.2 Å². The van der Waals surface area contributed by atoms with Crippen LogP contribution < -0.4 is 11.1 Å². The van der Waals surface area contributed by atoms with E-state index >= 15 is 4.39 Å². The monoisotopic (exact) mass is 523 g/mol. The van der Waals surface area contributed by atoms with Crippen molar-refractivity contribution in [3.63, 3.8) is 0 Å². The second-order valence-corrected chi connectivity index (χ2v) is 12.6. The minimum absolute atomic E-state index is 0.0489. The highest BCUT2D eigenvalue weighted by molar-refractivity contribution is 8.09. The number of nitrogens with one attached hydrogen (secondary N) is 1. The Balaban J connectivity index is 1.29. The molecule has 1 unspecified atom stereocenters. The first-order chi connectivity index (χ1) is 17.2. The third kappa shape index (κ3) is 4.39. The Hall–Kier alpha value is -2.23. The normalized spacial score (nSPS) is 29.6. The van der Waals surface area contributed by atoms with Crippen LogP contribution in [0.5, 0.6) is 0 Å². The molecule has 188 valence electrons. The summed E-state index contributed by atoms with van der Waals surface area (Å²) in [5, 5.41) is 14.4. The number of thiazole rings is 1. The van der Waals surface area contributed by atoms with Gasteiger partial charge < -0.3 is 20.9 Å². The van der Waals surface area contributed by atoms with E-state index in [0.29, 0.717) is 43.9 Å². The quantitative estimate of drug-likeness (QED) is 0.399. The predicted molar refractivity (Wildman–Crippen MR) is 144 cm³/mol. The number of ether oxygens (including phenoxy) is 1. The number of benzene rings is 2. The Morgan fingerprint density at radius 1 is 1.06 bits per heavy atom. The molecule has 0 radical (unpaired) electrons. The zero-order valence-electron chi connectivity index (χ0n) is 20.2. The largest absolute Gasteiger partial charge is 0.390 e. The van der Waals surface area contributed by atoms with Gasteiger partial charge in [0.15, 0.2) is 5.67 Å². The fourth-order valence-electron chi connectivity index (χ4n) is 5.55. The smallest absolute Gasteiger partial charge is 0.166 e. The van der Waals surface area contributed by atoms with Crippen molar-refractivity contribution in [1.82, 2.24) is 10.3 Å². The van der Waals surface area contributed by atoms with Crippen LogP contribution in [0.4, 0.5) is 4.39 Å². The lowest BCUT2D eigenvalue weighted by atomic mass is 9.63. The topological polar surface area (TPSA) is 80.4 Å². The molecular formula is C28H30FN3O2S2. The number of nitrogens with zero attached hydrogens (tertiary/aromatic N) is 1. The van der Waals surface area contributed by atoms with Gasteiger partial charge >= 0.3 is 0 Å². The SMILES string of the molecule is CC1(O)CC(N)(c2ccc(C3=C(c4ccccc4)SC(c4cnc(C5(F)CCOCC5)s4)N3)cc2)C1. The molecular weight excluding hydrogens is 493 g/mol. The Morgan fingerprint density at radius 3 is 2.42 bits per heavy atom. The molecule has 2 fully saturated rings. The number of aliphatic hydroxyl groups is 1. The van der Waals surface area contributed by atoms with E-state index in [-0.39, 0.29) is 5.37 Å². The minimum atomic E-state index is -1.40. The first-order valence-electron chi connectivity index (χ1n) is 12.3. The van der Waals surface area contributed by atoms with Crippen molar-refractivity contribution in [1.29, 1.82) is 0 Å². The maximum Gasteiger partial charge on any atom is 0.166 e. The third-order valence-corrected chi connectivity index (χ3v) is 10.0. The third-order valence-electron chi connectivity index (χ3n) is 7.37. The number of nitrogens with two attached hydrogens (primary N) is 1.